The molecule has 1 heterocycles. The average molecular weight is 362 g/mol. The summed E-state index contributed by atoms with van der Waals surface area (Å²) >= 11 is 0. The lowest BCUT2D eigenvalue weighted by atomic mass is 9.88. The molecule has 1 rings (SSSR count). The van der Waals surface area contributed by atoms with Crippen LogP contribution in [0.25, 0.3) is 0 Å². The Kier molecular flexibility index (Phi) is 7.93. The van der Waals surface area contributed by atoms with Gasteiger partial charge in [-0.15, -0.1) is 6.58 Å². The van der Waals surface area contributed by atoms with E-state index in [-0.39, 0.29) is 19.6 Å². The van der Waals surface area contributed by atoms with E-state index in [1.165, 1.54) is 13.0 Å². The monoisotopic (exact) mass is 362 g/mol. The highest BCUT2D eigenvalue weighted by atomic mass is 16.7. The molecule has 10 heteroatoms. The summed E-state index contributed by atoms with van der Waals surface area (Å²) in [5, 5.41) is 33.0. The molecular formula is C15H26N2O8. The van der Waals surface area contributed by atoms with Crippen molar-refractivity contribution in [3.63, 3.8) is 0 Å². The molecule has 0 aromatic rings. The van der Waals surface area contributed by atoms with Gasteiger partial charge >= 0.3 is 5.97 Å². The second-order valence-electron chi connectivity index (χ2n) is 5.72. The zero-order valence-corrected chi connectivity index (χ0v) is 14.3. The third kappa shape index (κ3) is 4.97. The fourth-order valence-corrected chi connectivity index (χ4v) is 2.65. The number of methoxy groups -OCH3 is 1. The Morgan fingerprint density at radius 2 is 2.16 bits per heavy atom. The molecule has 0 aromatic heterocycles. The van der Waals surface area contributed by atoms with Gasteiger partial charge < -0.3 is 40.6 Å². The zero-order valence-electron chi connectivity index (χ0n) is 14.3. The van der Waals surface area contributed by atoms with E-state index < -0.39 is 48.1 Å². The number of carbonyl (C=O) groups is 2. The first-order chi connectivity index (χ1) is 11.7. The third-order valence-electron chi connectivity index (χ3n) is 3.85. The van der Waals surface area contributed by atoms with Crippen molar-refractivity contribution in [2.45, 2.75) is 49.6 Å². The van der Waals surface area contributed by atoms with Crippen LogP contribution in [0.4, 0.5) is 0 Å². The van der Waals surface area contributed by atoms with Crippen molar-refractivity contribution in [2.24, 2.45) is 5.73 Å². The van der Waals surface area contributed by atoms with E-state index in [0.717, 1.165) is 7.11 Å². The van der Waals surface area contributed by atoms with Crippen LogP contribution in [0.1, 0.15) is 13.3 Å². The van der Waals surface area contributed by atoms with Crippen LogP contribution in [0.2, 0.25) is 0 Å². The van der Waals surface area contributed by atoms with E-state index in [2.05, 4.69) is 16.6 Å². The molecule has 0 aromatic carbocycles. The lowest BCUT2D eigenvalue weighted by molar-refractivity contribution is -0.308. The molecule has 6 atom stereocenters. The Morgan fingerprint density at radius 3 is 2.64 bits per heavy atom. The van der Waals surface area contributed by atoms with E-state index in [4.69, 9.17) is 15.2 Å². The van der Waals surface area contributed by atoms with Crippen molar-refractivity contribution in [3.8, 4) is 0 Å². The summed E-state index contributed by atoms with van der Waals surface area (Å²) in [6, 6.07) is -1.10. The van der Waals surface area contributed by atoms with Gasteiger partial charge in [-0.1, -0.05) is 6.08 Å². The van der Waals surface area contributed by atoms with Crippen LogP contribution < -0.4 is 11.1 Å². The molecule has 6 unspecified atom stereocenters. The van der Waals surface area contributed by atoms with Crippen LogP contribution >= 0.6 is 0 Å². The lowest BCUT2D eigenvalue weighted by Crippen LogP contribution is -2.68. The molecule has 0 spiro atoms. The first-order valence-electron chi connectivity index (χ1n) is 7.74. The maximum Gasteiger partial charge on any atom is 0.366 e. The Bertz CT molecular complexity index is 488. The molecule has 0 bridgehead atoms. The summed E-state index contributed by atoms with van der Waals surface area (Å²) in [5.74, 6) is -3.46. The molecule has 1 amide bonds. The van der Waals surface area contributed by atoms with Gasteiger partial charge in [0.25, 0.3) is 5.79 Å². The maximum atomic E-state index is 12.2. The highest BCUT2D eigenvalue weighted by Crippen LogP contribution is 2.34. The molecular weight excluding hydrogens is 336 g/mol. The third-order valence-corrected chi connectivity index (χ3v) is 3.85. The number of aliphatic hydroxyl groups is 3. The zero-order chi connectivity index (χ0) is 19.2. The van der Waals surface area contributed by atoms with Gasteiger partial charge in [-0.2, -0.15) is 0 Å². The van der Waals surface area contributed by atoms with E-state index in [0.29, 0.717) is 0 Å². The van der Waals surface area contributed by atoms with Crippen LogP contribution in [-0.4, -0.2) is 83.7 Å². The predicted octanol–water partition coefficient (Wildman–Crippen LogP) is -2.61. The normalized spacial score (nSPS) is 31.7. The van der Waals surface area contributed by atoms with Crippen molar-refractivity contribution in [1.82, 2.24) is 5.32 Å². The molecule has 1 fully saturated rings. The molecule has 1 saturated heterocycles. The summed E-state index contributed by atoms with van der Waals surface area (Å²) in [7, 11) is 1.11. The number of nitrogens with two attached hydrogens (primary N) is 1. The minimum Gasteiger partial charge on any atom is -0.465 e. The number of amides is 1. The minimum absolute atomic E-state index is 0.102. The molecule has 144 valence electrons. The second kappa shape index (κ2) is 9.22. The number of ether oxygens (including phenoxy) is 3. The van der Waals surface area contributed by atoms with Crippen molar-refractivity contribution in [3.05, 3.63) is 12.7 Å². The number of rotatable bonds is 8. The molecule has 10 nitrogen and oxygen atoms in total. The van der Waals surface area contributed by atoms with Crippen molar-refractivity contribution >= 4 is 11.9 Å². The topological polar surface area (TPSA) is 161 Å². The van der Waals surface area contributed by atoms with Gasteiger partial charge in [-0.05, 0) is 0 Å². The van der Waals surface area contributed by atoms with Crippen LogP contribution in [0.3, 0.4) is 0 Å². The highest BCUT2D eigenvalue weighted by Gasteiger charge is 2.56. The molecule has 25 heavy (non-hydrogen) atoms. The Labute approximate surface area is 145 Å². The van der Waals surface area contributed by atoms with Crippen molar-refractivity contribution in [1.29, 1.82) is 0 Å². The number of esters is 1. The number of aliphatic hydroxyl groups excluding tert-OH is 3. The Balaban J connectivity index is 3.23. The molecule has 1 aliphatic heterocycles. The summed E-state index contributed by atoms with van der Waals surface area (Å²) in [6.07, 6.45) is -4.73. The number of carbonyl (C=O) groups excluding carboxylic acids is 2. The fraction of sp³-hybridized carbons (Fsp3) is 0.733. The molecule has 0 radical (unpaired) electrons. The van der Waals surface area contributed by atoms with Crippen LogP contribution in [0.5, 0.6) is 0 Å². The van der Waals surface area contributed by atoms with E-state index >= 15 is 0 Å². The number of hydrogen-bond donors (Lipinski definition) is 5. The highest BCUT2D eigenvalue weighted by molar-refractivity contribution is 5.78. The summed E-state index contributed by atoms with van der Waals surface area (Å²) < 4.78 is 15.7. The largest absolute Gasteiger partial charge is 0.465 e. The summed E-state index contributed by atoms with van der Waals surface area (Å²) in [4.78, 5) is 23.6. The molecule has 1 aliphatic rings. The van der Waals surface area contributed by atoms with Crippen LogP contribution in [0.15, 0.2) is 12.7 Å². The van der Waals surface area contributed by atoms with Crippen molar-refractivity contribution < 1.29 is 39.1 Å². The van der Waals surface area contributed by atoms with Gasteiger partial charge in [0, 0.05) is 19.9 Å². The van der Waals surface area contributed by atoms with Gasteiger partial charge in [0.15, 0.2) is 0 Å². The van der Waals surface area contributed by atoms with Gasteiger partial charge in [-0.3, -0.25) is 4.79 Å². The summed E-state index contributed by atoms with van der Waals surface area (Å²) in [5.41, 5.74) is 5.34. The van der Waals surface area contributed by atoms with Gasteiger partial charge in [0.2, 0.25) is 5.91 Å². The number of hydrogen-bond acceptors (Lipinski definition) is 9. The van der Waals surface area contributed by atoms with Crippen LogP contribution in [0, 0.1) is 0 Å². The van der Waals surface area contributed by atoms with E-state index in [1.807, 2.05) is 0 Å². The first-order valence-corrected chi connectivity index (χ1v) is 7.74. The molecule has 6 N–H and O–H groups in total. The van der Waals surface area contributed by atoms with E-state index in [9.17, 15) is 24.9 Å². The maximum absolute atomic E-state index is 12.2. The summed E-state index contributed by atoms with van der Waals surface area (Å²) in [6.45, 7) is 4.28. The smallest absolute Gasteiger partial charge is 0.366 e. The van der Waals surface area contributed by atoms with Crippen LogP contribution in [-0.2, 0) is 23.8 Å². The Morgan fingerprint density at radius 1 is 1.52 bits per heavy atom. The number of nitrogens with one attached hydrogen (secondary N) is 1. The molecule has 0 aliphatic carbocycles. The standard InChI is InChI=1S/C15H26N2O8/c1-4-5-24-15(14(22)23-3)6-9(19)11(17-8(2)18)13(25-15)12(21)10(20)7-16/h4,9-13,19-21H,1,5-7,16H2,2-3H3,(H,17,18). The second-order valence-corrected chi connectivity index (χ2v) is 5.72. The molecule has 0 saturated carbocycles. The van der Waals surface area contributed by atoms with Gasteiger partial charge in [-0.25, -0.2) is 4.79 Å². The first kappa shape index (κ1) is 21.5. The minimum atomic E-state index is -2.03. The van der Waals surface area contributed by atoms with E-state index in [1.54, 1.807) is 0 Å². The predicted molar refractivity (Wildman–Crippen MR) is 85.1 cm³/mol. The quantitative estimate of drug-likeness (QED) is 0.230. The average Bonchev–Trinajstić information content (AvgIpc) is 2.59. The van der Waals surface area contributed by atoms with Gasteiger partial charge in [0.05, 0.1) is 32.0 Å². The Hall–Kier alpha value is -1.56. The lowest BCUT2D eigenvalue weighted by Gasteiger charge is -2.46. The van der Waals surface area contributed by atoms with Gasteiger partial charge in [0.1, 0.15) is 12.2 Å². The van der Waals surface area contributed by atoms with Crippen molar-refractivity contribution in [2.75, 3.05) is 20.3 Å². The fourth-order valence-electron chi connectivity index (χ4n) is 2.65. The SMILES string of the molecule is C=CCOC1(C(=O)OC)CC(O)C(NC(C)=O)C(C(O)C(O)CN)O1.